The second kappa shape index (κ2) is 9.64. The minimum atomic E-state index is -0.124. The molecule has 6 nitrogen and oxygen atoms in total. The van der Waals surface area contributed by atoms with Crippen LogP contribution in [0.4, 0.5) is 5.69 Å². The van der Waals surface area contributed by atoms with Crippen LogP contribution in [0.1, 0.15) is 31.2 Å². The van der Waals surface area contributed by atoms with Gasteiger partial charge in [0.05, 0.1) is 11.9 Å². The number of hydrogen-bond acceptors (Lipinski definition) is 5. The van der Waals surface area contributed by atoms with Crippen LogP contribution in [0.2, 0.25) is 0 Å². The molecule has 4 aromatic rings. The molecule has 0 radical (unpaired) electrons. The zero-order valence-electron chi connectivity index (χ0n) is 20.5. The van der Waals surface area contributed by atoms with Crippen LogP contribution in [-0.4, -0.2) is 40.0 Å². The average Bonchev–Trinajstić information content (AvgIpc) is 3.53. The molecule has 2 aromatic heterocycles. The van der Waals surface area contributed by atoms with Crippen LogP contribution in [0.3, 0.4) is 0 Å². The van der Waals surface area contributed by atoms with E-state index in [4.69, 9.17) is 4.98 Å². The minimum Gasteiger partial charge on any atom is -0.310 e. The second-order valence-electron chi connectivity index (χ2n) is 10.00. The highest BCUT2D eigenvalue weighted by Crippen LogP contribution is 2.32. The molecule has 0 atom stereocenters. The molecule has 7 heteroatoms. The first-order valence-electron chi connectivity index (χ1n) is 12.8. The third-order valence-electron chi connectivity index (χ3n) is 7.58. The highest BCUT2D eigenvalue weighted by molar-refractivity contribution is 7.17. The third kappa shape index (κ3) is 4.27. The van der Waals surface area contributed by atoms with Gasteiger partial charge in [0.2, 0.25) is 5.91 Å². The largest absolute Gasteiger partial charge is 0.310 e. The lowest BCUT2D eigenvalue weighted by molar-refractivity contribution is -0.119. The number of carbonyl (C=O) groups is 1. The smallest absolute Gasteiger partial charge is 0.263 e. The maximum Gasteiger partial charge on any atom is 0.263 e. The normalized spacial score (nSPS) is 16.5. The molecule has 1 saturated heterocycles. The van der Waals surface area contributed by atoms with E-state index in [9.17, 15) is 9.59 Å². The van der Waals surface area contributed by atoms with Gasteiger partial charge in [-0.2, -0.15) is 0 Å². The molecule has 184 valence electrons. The predicted octanol–water partition coefficient (Wildman–Crippen LogP) is 4.95. The van der Waals surface area contributed by atoms with E-state index < -0.39 is 0 Å². The van der Waals surface area contributed by atoms with E-state index >= 15 is 0 Å². The van der Waals surface area contributed by atoms with Gasteiger partial charge in [0.15, 0.2) is 0 Å². The summed E-state index contributed by atoms with van der Waals surface area (Å²) in [7, 11) is 0. The van der Waals surface area contributed by atoms with E-state index in [0.29, 0.717) is 24.3 Å². The Labute approximate surface area is 214 Å². The fourth-order valence-corrected chi connectivity index (χ4v) is 6.38. The molecule has 4 heterocycles. The molecule has 1 amide bonds. The van der Waals surface area contributed by atoms with Crippen molar-refractivity contribution in [3.05, 3.63) is 81.7 Å². The van der Waals surface area contributed by atoms with Crippen LogP contribution in [0.15, 0.2) is 64.8 Å². The Balaban J connectivity index is 1.41. The number of rotatable bonds is 5. The summed E-state index contributed by atoms with van der Waals surface area (Å²) in [5.74, 6) is 1.35. The zero-order chi connectivity index (χ0) is 24.6. The van der Waals surface area contributed by atoms with Gasteiger partial charge in [-0.15, -0.1) is 11.3 Å². The van der Waals surface area contributed by atoms with Crippen molar-refractivity contribution in [1.82, 2.24) is 14.5 Å². The molecule has 36 heavy (non-hydrogen) atoms. The number of likely N-dealkylation sites (tertiary alicyclic amines) is 1. The zero-order valence-corrected chi connectivity index (χ0v) is 21.3. The van der Waals surface area contributed by atoms with Crippen molar-refractivity contribution < 1.29 is 4.79 Å². The van der Waals surface area contributed by atoms with Gasteiger partial charge >= 0.3 is 0 Å². The van der Waals surface area contributed by atoms with Crippen molar-refractivity contribution in [2.24, 2.45) is 5.92 Å². The Morgan fingerprint density at radius 3 is 2.58 bits per heavy atom. The van der Waals surface area contributed by atoms with E-state index in [0.717, 1.165) is 59.9 Å². The Hall–Kier alpha value is -3.29. The Morgan fingerprint density at radius 2 is 1.78 bits per heavy atom. The van der Waals surface area contributed by atoms with Gasteiger partial charge in [0.25, 0.3) is 5.56 Å². The van der Waals surface area contributed by atoms with Gasteiger partial charge in [-0.1, -0.05) is 55.5 Å². The molecule has 2 aromatic carbocycles. The van der Waals surface area contributed by atoms with Crippen LogP contribution < -0.4 is 10.5 Å². The highest BCUT2D eigenvalue weighted by Gasteiger charge is 2.27. The number of nitrogens with zero attached hydrogens (tertiary/aromatic N) is 4. The predicted molar refractivity (Wildman–Crippen MR) is 145 cm³/mol. The number of amides is 1. The third-order valence-corrected chi connectivity index (χ3v) is 8.45. The number of fused-ring (bicyclic) bond motifs is 2. The van der Waals surface area contributed by atoms with Crippen molar-refractivity contribution in [2.45, 2.75) is 39.3 Å². The molecule has 6 rings (SSSR count). The van der Waals surface area contributed by atoms with E-state index in [1.165, 1.54) is 16.9 Å². The topological polar surface area (TPSA) is 58.4 Å². The first-order valence-corrected chi connectivity index (χ1v) is 13.6. The summed E-state index contributed by atoms with van der Waals surface area (Å²) in [5.41, 5.74) is 3.89. The van der Waals surface area contributed by atoms with Crippen LogP contribution in [-0.2, 0) is 24.3 Å². The van der Waals surface area contributed by atoms with Crippen molar-refractivity contribution >= 4 is 33.1 Å². The molecule has 2 aliphatic rings. The summed E-state index contributed by atoms with van der Waals surface area (Å²) in [6.45, 7) is 5.50. The summed E-state index contributed by atoms with van der Waals surface area (Å²) in [6.07, 6.45) is 3.13. The standard InChI is InChI=1S/C29H30N4O2S/c1-20-11-14-31(15-12-20)17-25-30-28-27(23(19-36-28)21-7-3-2-4-8-21)29(35)33(25)18-26(34)32-16-13-22-9-5-6-10-24(22)32/h2-10,19-20H,11-18H2,1H3. The molecule has 0 bridgehead atoms. The number of piperidine rings is 1. The Morgan fingerprint density at radius 1 is 1.03 bits per heavy atom. The fourth-order valence-electron chi connectivity index (χ4n) is 5.42. The first-order chi connectivity index (χ1) is 17.6. The Kier molecular flexibility index (Phi) is 6.19. The van der Waals surface area contributed by atoms with Crippen molar-refractivity contribution in [3.8, 4) is 11.1 Å². The van der Waals surface area contributed by atoms with E-state index in [-0.39, 0.29) is 18.0 Å². The number of benzene rings is 2. The van der Waals surface area contributed by atoms with E-state index in [1.807, 2.05) is 58.8 Å². The second-order valence-corrected chi connectivity index (χ2v) is 10.9. The number of para-hydroxylation sites is 1. The van der Waals surface area contributed by atoms with Crippen molar-refractivity contribution in [3.63, 3.8) is 0 Å². The number of thiophene rings is 1. The van der Waals surface area contributed by atoms with Crippen LogP contribution >= 0.6 is 11.3 Å². The summed E-state index contributed by atoms with van der Waals surface area (Å²) >= 11 is 1.50. The molecular weight excluding hydrogens is 468 g/mol. The highest BCUT2D eigenvalue weighted by atomic mass is 32.1. The molecule has 2 aliphatic heterocycles. The summed E-state index contributed by atoms with van der Waals surface area (Å²) in [4.78, 5) is 37.5. The van der Waals surface area contributed by atoms with Gasteiger partial charge < -0.3 is 4.90 Å². The van der Waals surface area contributed by atoms with Gasteiger partial charge in [0.1, 0.15) is 17.2 Å². The molecule has 0 saturated carbocycles. The van der Waals surface area contributed by atoms with Gasteiger partial charge in [0, 0.05) is 23.2 Å². The number of carbonyl (C=O) groups excluding carboxylic acids is 1. The van der Waals surface area contributed by atoms with Gasteiger partial charge in [-0.25, -0.2) is 4.98 Å². The quantitative estimate of drug-likeness (QED) is 0.391. The Bertz CT molecular complexity index is 1470. The summed E-state index contributed by atoms with van der Waals surface area (Å²) in [6, 6.07) is 18.0. The van der Waals surface area contributed by atoms with Crippen molar-refractivity contribution in [2.75, 3.05) is 24.5 Å². The molecule has 0 spiro atoms. The minimum absolute atomic E-state index is 0.000238. The molecule has 0 aliphatic carbocycles. The van der Waals surface area contributed by atoms with Crippen molar-refractivity contribution in [1.29, 1.82) is 0 Å². The lowest BCUT2D eigenvalue weighted by Crippen LogP contribution is -2.39. The maximum atomic E-state index is 14.0. The van der Waals surface area contributed by atoms with Gasteiger partial charge in [-0.05, 0) is 55.5 Å². The lowest BCUT2D eigenvalue weighted by Gasteiger charge is -2.30. The molecular formula is C29H30N4O2S. The fraction of sp³-hybridized carbons (Fsp3) is 0.345. The van der Waals surface area contributed by atoms with Crippen LogP contribution in [0.5, 0.6) is 0 Å². The SMILES string of the molecule is CC1CCN(Cc2nc3scc(-c4ccccc4)c3c(=O)n2CC(=O)N2CCc3ccccc32)CC1. The summed E-state index contributed by atoms with van der Waals surface area (Å²) in [5, 5.41) is 2.63. The molecule has 0 N–H and O–H groups in total. The number of hydrogen-bond donors (Lipinski definition) is 0. The lowest BCUT2D eigenvalue weighted by atomic mass is 9.99. The monoisotopic (exact) mass is 498 g/mol. The number of anilines is 1. The first kappa shape index (κ1) is 23.1. The van der Waals surface area contributed by atoms with E-state index in [2.05, 4.69) is 17.9 Å². The van der Waals surface area contributed by atoms with E-state index in [1.54, 1.807) is 4.57 Å². The molecule has 0 unspecified atom stereocenters. The van der Waals surface area contributed by atoms with Crippen LogP contribution in [0, 0.1) is 5.92 Å². The maximum absolute atomic E-state index is 14.0. The average molecular weight is 499 g/mol. The van der Waals surface area contributed by atoms with Crippen LogP contribution in [0.25, 0.3) is 21.3 Å². The summed E-state index contributed by atoms with van der Waals surface area (Å²) < 4.78 is 1.64. The molecule has 1 fully saturated rings. The van der Waals surface area contributed by atoms with Gasteiger partial charge in [-0.3, -0.25) is 19.1 Å². The number of aromatic nitrogens is 2.